The molecule has 0 bridgehead atoms. The highest BCUT2D eigenvalue weighted by molar-refractivity contribution is 5.87. The summed E-state index contributed by atoms with van der Waals surface area (Å²) in [4.78, 5) is 13.4. The summed E-state index contributed by atoms with van der Waals surface area (Å²) < 4.78 is 0. The average molecular weight is 276 g/mol. The SMILES string of the molecule is CCCN1CCCC(Nc2ccc(C(=O)O)cc2)CC1. The molecule has 1 aromatic rings. The first kappa shape index (κ1) is 14.9. The lowest BCUT2D eigenvalue weighted by molar-refractivity contribution is 0.0697. The van der Waals surface area contributed by atoms with E-state index in [0.29, 0.717) is 11.6 Å². The molecule has 4 nitrogen and oxygen atoms in total. The molecule has 1 aromatic carbocycles. The van der Waals surface area contributed by atoms with Crippen molar-refractivity contribution in [1.82, 2.24) is 4.90 Å². The van der Waals surface area contributed by atoms with E-state index < -0.39 is 5.97 Å². The molecular formula is C16H24N2O2. The van der Waals surface area contributed by atoms with Crippen molar-refractivity contribution < 1.29 is 9.90 Å². The largest absolute Gasteiger partial charge is 0.478 e. The number of likely N-dealkylation sites (tertiary alicyclic amines) is 1. The van der Waals surface area contributed by atoms with Crippen molar-refractivity contribution in [2.75, 3.05) is 25.0 Å². The second-order valence-electron chi connectivity index (χ2n) is 5.50. The van der Waals surface area contributed by atoms with Crippen molar-refractivity contribution in [3.05, 3.63) is 29.8 Å². The van der Waals surface area contributed by atoms with Crippen LogP contribution in [0.3, 0.4) is 0 Å². The Hall–Kier alpha value is -1.55. The minimum atomic E-state index is -0.874. The number of aromatic carboxylic acids is 1. The summed E-state index contributed by atoms with van der Waals surface area (Å²) in [5, 5.41) is 12.4. The molecule has 0 radical (unpaired) electrons. The Kier molecular flexibility index (Phi) is 5.41. The molecule has 1 aliphatic rings. The zero-order valence-corrected chi connectivity index (χ0v) is 12.1. The Morgan fingerprint density at radius 2 is 2.05 bits per heavy atom. The van der Waals surface area contributed by atoms with Crippen LogP contribution in [-0.4, -0.2) is 41.7 Å². The number of anilines is 1. The molecule has 1 unspecified atom stereocenters. The minimum Gasteiger partial charge on any atom is -0.478 e. The molecule has 4 heteroatoms. The number of carbonyl (C=O) groups is 1. The lowest BCUT2D eigenvalue weighted by atomic mass is 10.1. The quantitative estimate of drug-likeness (QED) is 0.868. The minimum absolute atomic E-state index is 0.338. The number of nitrogens with zero attached hydrogens (tertiary/aromatic N) is 1. The van der Waals surface area contributed by atoms with E-state index in [-0.39, 0.29) is 0 Å². The highest BCUT2D eigenvalue weighted by Gasteiger charge is 2.16. The van der Waals surface area contributed by atoms with Crippen LogP contribution in [0.1, 0.15) is 43.0 Å². The van der Waals surface area contributed by atoms with E-state index >= 15 is 0 Å². The molecule has 1 atom stereocenters. The molecule has 0 spiro atoms. The molecular weight excluding hydrogens is 252 g/mol. The molecule has 2 N–H and O–H groups in total. The van der Waals surface area contributed by atoms with Crippen LogP contribution in [-0.2, 0) is 0 Å². The van der Waals surface area contributed by atoms with Gasteiger partial charge in [0.15, 0.2) is 0 Å². The fourth-order valence-electron chi connectivity index (χ4n) is 2.78. The van der Waals surface area contributed by atoms with E-state index in [1.54, 1.807) is 12.1 Å². The molecule has 1 fully saturated rings. The Morgan fingerprint density at radius 3 is 2.70 bits per heavy atom. The molecule has 0 aromatic heterocycles. The number of nitrogens with one attached hydrogen (secondary N) is 1. The van der Waals surface area contributed by atoms with Crippen LogP contribution in [0.25, 0.3) is 0 Å². The zero-order chi connectivity index (χ0) is 14.4. The number of rotatable bonds is 5. The molecule has 0 amide bonds. The molecule has 0 saturated carbocycles. The summed E-state index contributed by atoms with van der Waals surface area (Å²) in [6, 6.07) is 7.53. The molecule has 1 aliphatic heterocycles. The highest BCUT2D eigenvalue weighted by atomic mass is 16.4. The van der Waals surface area contributed by atoms with Gasteiger partial charge in [-0.05, 0) is 63.0 Å². The van der Waals surface area contributed by atoms with Crippen LogP contribution < -0.4 is 5.32 Å². The predicted octanol–water partition coefficient (Wildman–Crippen LogP) is 3.06. The Morgan fingerprint density at radius 1 is 1.30 bits per heavy atom. The Bertz CT molecular complexity index is 431. The fraction of sp³-hybridized carbons (Fsp3) is 0.562. The maximum absolute atomic E-state index is 10.8. The molecule has 2 rings (SSSR count). The first-order valence-electron chi connectivity index (χ1n) is 7.51. The number of hydrogen-bond acceptors (Lipinski definition) is 3. The van der Waals surface area contributed by atoms with Gasteiger partial charge < -0.3 is 15.3 Å². The summed E-state index contributed by atoms with van der Waals surface area (Å²) in [6.07, 6.45) is 4.78. The van der Waals surface area contributed by atoms with E-state index in [9.17, 15) is 4.79 Å². The molecule has 1 heterocycles. The van der Waals surface area contributed by atoms with Gasteiger partial charge in [-0.1, -0.05) is 6.92 Å². The third-order valence-corrected chi connectivity index (χ3v) is 3.86. The van der Waals surface area contributed by atoms with Crippen molar-refractivity contribution >= 4 is 11.7 Å². The second-order valence-corrected chi connectivity index (χ2v) is 5.50. The lowest BCUT2D eigenvalue weighted by Gasteiger charge is -2.20. The van der Waals surface area contributed by atoms with Crippen LogP contribution in [0.15, 0.2) is 24.3 Å². The van der Waals surface area contributed by atoms with E-state index in [0.717, 1.165) is 18.7 Å². The van der Waals surface area contributed by atoms with Crippen molar-refractivity contribution in [3.63, 3.8) is 0 Å². The maximum Gasteiger partial charge on any atom is 0.335 e. The van der Waals surface area contributed by atoms with E-state index in [1.807, 2.05) is 12.1 Å². The maximum atomic E-state index is 10.8. The van der Waals surface area contributed by atoms with Gasteiger partial charge in [0.05, 0.1) is 5.56 Å². The van der Waals surface area contributed by atoms with Crippen molar-refractivity contribution in [2.24, 2.45) is 0 Å². The highest BCUT2D eigenvalue weighted by Crippen LogP contribution is 2.17. The van der Waals surface area contributed by atoms with Gasteiger partial charge in [-0.3, -0.25) is 0 Å². The molecule has 110 valence electrons. The summed E-state index contributed by atoms with van der Waals surface area (Å²) in [6.45, 7) is 5.77. The third kappa shape index (κ3) is 4.23. The zero-order valence-electron chi connectivity index (χ0n) is 12.1. The summed E-state index contributed by atoms with van der Waals surface area (Å²) in [5.74, 6) is -0.874. The number of benzene rings is 1. The van der Waals surface area contributed by atoms with Gasteiger partial charge in [-0.25, -0.2) is 4.79 Å². The van der Waals surface area contributed by atoms with Crippen LogP contribution in [0, 0.1) is 0 Å². The number of hydrogen-bond donors (Lipinski definition) is 2. The van der Waals surface area contributed by atoms with Gasteiger partial charge in [0.25, 0.3) is 0 Å². The van der Waals surface area contributed by atoms with Crippen LogP contribution in [0.2, 0.25) is 0 Å². The third-order valence-electron chi connectivity index (χ3n) is 3.86. The number of carboxylic acid groups (broad SMARTS) is 1. The van der Waals surface area contributed by atoms with Crippen molar-refractivity contribution in [2.45, 2.75) is 38.6 Å². The first-order valence-corrected chi connectivity index (χ1v) is 7.51. The second kappa shape index (κ2) is 7.29. The predicted molar refractivity (Wildman–Crippen MR) is 81.4 cm³/mol. The van der Waals surface area contributed by atoms with Gasteiger partial charge >= 0.3 is 5.97 Å². The number of carboxylic acids is 1. The average Bonchev–Trinajstić information content (AvgIpc) is 2.66. The smallest absolute Gasteiger partial charge is 0.335 e. The standard InChI is InChI=1S/C16H24N2O2/c1-2-10-18-11-3-4-14(9-12-18)17-15-7-5-13(6-8-15)16(19)20/h5-8,14,17H,2-4,9-12H2,1H3,(H,19,20). The van der Waals surface area contributed by atoms with Gasteiger partial charge in [0.2, 0.25) is 0 Å². The molecule has 20 heavy (non-hydrogen) atoms. The molecule has 0 aliphatic carbocycles. The molecule has 1 saturated heterocycles. The lowest BCUT2D eigenvalue weighted by Crippen LogP contribution is -2.27. The summed E-state index contributed by atoms with van der Waals surface area (Å²) in [7, 11) is 0. The van der Waals surface area contributed by atoms with Crippen LogP contribution in [0.4, 0.5) is 5.69 Å². The van der Waals surface area contributed by atoms with Crippen molar-refractivity contribution in [3.8, 4) is 0 Å². The van der Waals surface area contributed by atoms with E-state index in [4.69, 9.17) is 5.11 Å². The van der Waals surface area contributed by atoms with Crippen LogP contribution in [0.5, 0.6) is 0 Å². The van der Waals surface area contributed by atoms with Gasteiger partial charge in [-0.2, -0.15) is 0 Å². The topological polar surface area (TPSA) is 52.6 Å². The van der Waals surface area contributed by atoms with Gasteiger partial charge in [0.1, 0.15) is 0 Å². The van der Waals surface area contributed by atoms with Gasteiger partial charge in [0, 0.05) is 18.3 Å². The van der Waals surface area contributed by atoms with Crippen molar-refractivity contribution in [1.29, 1.82) is 0 Å². The summed E-state index contributed by atoms with van der Waals surface area (Å²) >= 11 is 0. The van der Waals surface area contributed by atoms with E-state index in [1.165, 1.54) is 32.4 Å². The van der Waals surface area contributed by atoms with E-state index in [2.05, 4.69) is 17.1 Å². The van der Waals surface area contributed by atoms with Crippen LogP contribution >= 0.6 is 0 Å². The normalized spacial score (nSPS) is 20.4. The van der Waals surface area contributed by atoms with Gasteiger partial charge in [-0.15, -0.1) is 0 Å². The monoisotopic (exact) mass is 276 g/mol. The Labute approximate surface area is 120 Å². The Balaban J connectivity index is 1.88. The summed E-state index contributed by atoms with van der Waals surface area (Å²) in [5.41, 5.74) is 1.36. The first-order chi connectivity index (χ1) is 9.69. The fourth-order valence-corrected chi connectivity index (χ4v) is 2.78.